The van der Waals surface area contributed by atoms with Gasteiger partial charge in [0.1, 0.15) is 17.2 Å². The third-order valence-corrected chi connectivity index (χ3v) is 5.22. The standard InChI is InChI=1S/C23H36N4O3/c1-7-19-24-15-18(12-11-16(2)25-21(29)30-22(4,5)6)20(26-19)27-23(17(3)28)13-9-8-10-14-23/h15-17,28H,7-10,13-14H2,1-6H3,(H,25,29)(H,24,26,27). The zero-order valence-electron chi connectivity index (χ0n) is 19.1. The lowest BCUT2D eigenvalue weighted by atomic mass is 9.78. The first-order valence-corrected chi connectivity index (χ1v) is 10.9. The molecule has 0 saturated heterocycles. The fraction of sp³-hybridized carbons (Fsp3) is 0.696. The number of rotatable bonds is 5. The highest BCUT2D eigenvalue weighted by atomic mass is 16.6. The number of nitrogens with one attached hydrogen (secondary N) is 2. The van der Waals surface area contributed by atoms with Crippen LogP contribution in [0.2, 0.25) is 0 Å². The number of ether oxygens (including phenoxy) is 1. The van der Waals surface area contributed by atoms with Crippen molar-refractivity contribution < 1.29 is 14.6 Å². The zero-order chi connectivity index (χ0) is 22.4. The number of carbonyl (C=O) groups excluding carboxylic acids is 1. The zero-order valence-corrected chi connectivity index (χ0v) is 19.1. The molecule has 7 nitrogen and oxygen atoms in total. The van der Waals surface area contributed by atoms with Gasteiger partial charge in [0, 0.05) is 12.6 Å². The van der Waals surface area contributed by atoms with Crippen molar-refractivity contribution in [1.82, 2.24) is 15.3 Å². The first-order chi connectivity index (χ1) is 14.0. The minimum atomic E-state index is -0.562. The summed E-state index contributed by atoms with van der Waals surface area (Å²) in [5, 5.41) is 16.7. The van der Waals surface area contributed by atoms with Crippen molar-refractivity contribution in [3.8, 4) is 11.8 Å². The molecule has 0 aromatic carbocycles. The second-order valence-electron chi connectivity index (χ2n) is 9.06. The Kier molecular flexibility index (Phi) is 8.08. The Morgan fingerprint density at radius 1 is 1.30 bits per heavy atom. The van der Waals surface area contributed by atoms with Gasteiger partial charge in [-0.1, -0.05) is 38.0 Å². The molecule has 3 N–H and O–H groups in total. The van der Waals surface area contributed by atoms with Crippen LogP contribution in [0.3, 0.4) is 0 Å². The van der Waals surface area contributed by atoms with Crippen LogP contribution in [0.25, 0.3) is 0 Å². The quantitative estimate of drug-likeness (QED) is 0.632. The fourth-order valence-electron chi connectivity index (χ4n) is 3.55. The molecule has 0 spiro atoms. The molecule has 0 bridgehead atoms. The van der Waals surface area contributed by atoms with E-state index in [1.54, 1.807) is 13.1 Å². The number of aryl methyl sites for hydroxylation is 1. The molecule has 1 aliphatic carbocycles. The smallest absolute Gasteiger partial charge is 0.408 e. The molecule has 1 fully saturated rings. The van der Waals surface area contributed by atoms with Gasteiger partial charge in [0.15, 0.2) is 0 Å². The Bertz CT molecular complexity index is 784. The Labute approximate surface area is 180 Å². The summed E-state index contributed by atoms with van der Waals surface area (Å²) in [6.07, 6.45) is 6.51. The molecule has 1 heterocycles. The van der Waals surface area contributed by atoms with Crippen LogP contribution in [0.4, 0.5) is 10.6 Å². The average molecular weight is 417 g/mol. The SMILES string of the molecule is CCc1ncc(C#CC(C)NC(=O)OC(C)(C)C)c(NC2(C(C)O)CCCCC2)n1. The van der Waals surface area contributed by atoms with E-state index in [4.69, 9.17) is 4.74 Å². The highest BCUT2D eigenvalue weighted by Crippen LogP contribution is 2.34. The predicted molar refractivity (Wildman–Crippen MR) is 118 cm³/mol. The molecule has 1 saturated carbocycles. The molecule has 0 radical (unpaired) electrons. The number of aliphatic hydroxyl groups excluding tert-OH is 1. The van der Waals surface area contributed by atoms with E-state index in [1.807, 2.05) is 34.6 Å². The molecular formula is C23H36N4O3. The molecule has 1 amide bonds. The molecule has 1 aromatic rings. The number of amides is 1. The molecule has 166 valence electrons. The van der Waals surface area contributed by atoms with Crippen LogP contribution in [0.1, 0.15) is 85.0 Å². The number of hydrogen-bond acceptors (Lipinski definition) is 6. The number of alkyl carbamates (subject to hydrolysis) is 1. The van der Waals surface area contributed by atoms with Gasteiger partial charge < -0.3 is 20.5 Å². The van der Waals surface area contributed by atoms with E-state index >= 15 is 0 Å². The van der Waals surface area contributed by atoms with Gasteiger partial charge in [-0.25, -0.2) is 14.8 Å². The largest absolute Gasteiger partial charge is 0.444 e. The van der Waals surface area contributed by atoms with Crippen LogP contribution < -0.4 is 10.6 Å². The van der Waals surface area contributed by atoms with Crippen LogP contribution in [0.5, 0.6) is 0 Å². The number of nitrogens with zero attached hydrogens (tertiary/aromatic N) is 2. The van der Waals surface area contributed by atoms with Crippen LogP contribution in [-0.2, 0) is 11.2 Å². The van der Waals surface area contributed by atoms with E-state index in [9.17, 15) is 9.90 Å². The van der Waals surface area contributed by atoms with E-state index in [0.717, 1.165) is 31.5 Å². The van der Waals surface area contributed by atoms with Gasteiger partial charge >= 0.3 is 6.09 Å². The van der Waals surface area contributed by atoms with E-state index in [2.05, 4.69) is 32.4 Å². The number of aliphatic hydroxyl groups is 1. The van der Waals surface area contributed by atoms with E-state index in [0.29, 0.717) is 17.8 Å². The Balaban J connectivity index is 2.23. The molecule has 30 heavy (non-hydrogen) atoms. The van der Waals surface area contributed by atoms with Crippen molar-refractivity contribution >= 4 is 11.9 Å². The summed E-state index contributed by atoms with van der Waals surface area (Å²) in [4.78, 5) is 21.0. The maximum absolute atomic E-state index is 11.9. The summed E-state index contributed by atoms with van der Waals surface area (Å²) >= 11 is 0. The summed E-state index contributed by atoms with van der Waals surface area (Å²) in [6, 6.07) is -0.404. The van der Waals surface area contributed by atoms with Gasteiger partial charge in [-0.05, 0) is 47.5 Å². The summed E-state index contributed by atoms with van der Waals surface area (Å²) in [5.41, 5.74) is -0.322. The summed E-state index contributed by atoms with van der Waals surface area (Å²) in [5.74, 6) is 7.48. The number of anilines is 1. The Morgan fingerprint density at radius 2 is 1.97 bits per heavy atom. The van der Waals surface area contributed by atoms with Crippen molar-refractivity contribution in [2.24, 2.45) is 0 Å². The van der Waals surface area contributed by atoms with Gasteiger partial charge in [0.2, 0.25) is 0 Å². The second-order valence-corrected chi connectivity index (χ2v) is 9.06. The van der Waals surface area contributed by atoms with Gasteiger partial charge in [-0.3, -0.25) is 0 Å². The Morgan fingerprint density at radius 3 is 2.53 bits per heavy atom. The lowest BCUT2D eigenvalue weighted by molar-refractivity contribution is 0.0519. The minimum absolute atomic E-state index is 0.404. The third-order valence-electron chi connectivity index (χ3n) is 5.22. The molecule has 1 aromatic heterocycles. The van der Waals surface area contributed by atoms with E-state index < -0.39 is 29.4 Å². The Hall–Kier alpha value is -2.33. The maximum atomic E-state index is 11.9. The van der Waals surface area contributed by atoms with Gasteiger partial charge in [-0.15, -0.1) is 0 Å². The maximum Gasteiger partial charge on any atom is 0.408 e. The van der Waals surface area contributed by atoms with Crippen molar-refractivity contribution in [3.63, 3.8) is 0 Å². The van der Waals surface area contributed by atoms with Gasteiger partial charge in [0.25, 0.3) is 0 Å². The predicted octanol–water partition coefficient (Wildman–Crippen LogP) is 3.80. The number of aromatic nitrogens is 2. The van der Waals surface area contributed by atoms with E-state index in [1.165, 1.54) is 6.42 Å². The first-order valence-electron chi connectivity index (χ1n) is 10.9. The minimum Gasteiger partial charge on any atom is -0.444 e. The average Bonchev–Trinajstić information content (AvgIpc) is 2.66. The van der Waals surface area contributed by atoms with E-state index in [-0.39, 0.29) is 0 Å². The lowest BCUT2D eigenvalue weighted by Crippen LogP contribution is -2.49. The lowest BCUT2D eigenvalue weighted by Gasteiger charge is -2.41. The van der Waals surface area contributed by atoms with Crippen LogP contribution in [0, 0.1) is 11.8 Å². The van der Waals surface area contributed by atoms with Crippen LogP contribution in [-0.4, -0.2) is 44.5 Å². The summed E-state index contributed by atoms with van der Waals surface area (Å²) in [6.45, 7) is 11.1. The third kappa shape index (κ3) is 6.88. The summed E-state index contributed by atoms with van der Waals surface area (Å²) in [7, 11) is 0. The number of carbonyl (C=O) groups is 1. The molecule has 2 rings (SSSR count). The first kappa shape index (κ1) is 23.9. The van der Waals surface area contributed by atoms with Crippen molar-refractivity contribution in [3.05, 3.63) is 17.6 Å². The molecule has 0 aliphatic heterocycles. The van der Waals surface area contributed by atoms with Crippen molar-refractivity contribution in [2.75, 3.05) is 5.32 Å². The normalized spacial score (nSPS) is 17.8. The summed E-state index contributed by atoms with van der Waals surface area (Å²) < 4.78 is 5.27. The second kappa shape index (κ2) is 10.1. The van der Waals surface area contributed by atoms with Crippen LogP contribution in [0.15, 0.2) is 6.20 Å². The molecule has 7 heteroatoms. The van der Waals surface area contributed by atoms with Crippen molar-refractivity contribution in [1.29, 1.82) is 0 Å². The fourth-order valence-corrected chi connectivity index (χ4v) is 3.55. The highest BCUT2D eigenvalue weighted by Gasteiger charge is 2.37. The van der Waals surface area contributed by atoms with Gasteiger partial charge in [-0.2, -0.15) is 0 Å². The molecule has 2 atom stereocenters. The molecule has 2 unspecified atom stereocenters. The van der Waals surface area contributed by atoms with Crippen LogP contribution >= 0.6 is 0 Å². The van der Waals surface area contributed by atoms with Crippen molar-refractivity contribution in [2.45, 2.75) is 103 Å². The topological polar surface area (TPSA) is 96.4 Å². The molecular weight excluding hydrogens is 380 g/mol. The van der Waals surface area contributed by atoms with Gasteiger partial charge in [0.05, 0.1) is 23.2 Å². The molecule has 1 aliphatic rings. The monoisotopic (exact) mass is 416 g/mol. The number of hydrogen-bond donors (Lipinski definition) is 3. The highest BCUT2D eigenvalue weighted by molar-refractivity contribution is 5.68.